The monoisotopic (exact) mass is 382 g/mol. The van der Waals surface area contributed by atoms with Crippen LogP contribution in [0.15, 0.2) is 48.5 Å². The first-order valence-electron chi connectivity index (χ1n) is 9.97. The quantitative estimate of drug-likeness (QED) is 0.790. The van der Waals surface area contributed by atoms with Crippen molar-refractivity contribution < 1.29 is 14.3 Å². The summed E-state index contributed by atoms with van der Waals surface area (Å²) in [5.41, 5.74) is 1.93. The third-order valence-electron chi connectivity index (χ3n) is 4.96. The van der Waals surface area contributed by atoms with Gasteiger partial charge in [-0.1, -0.05) is 30.3 Å². The van der Waals surface area contributed by atoms with Gasteiger partial charge in [0, 0.05) is 31.2 Å². The summed E-state index contributed by atoms with van der Waals surface area (Å²) in [7, 11) is 1.59. The summed E-state index contributed by atoms with van der Waals surface area (Å²) in [5, 5.41) is 3.17. The summed E-state index contributed by atoms with van der Waals surface area (Å²) in [6.45, 7) is 6.87. The number of carbonyl (C=O) groups is 1. The van der Waals surface area contributed by atoms with Crippen LogP contribution in [0, 0.1) is 0 Å². The van der Waals surface area contributed by atoms with Crippen molar-refractivity contribution in [2.75, 3.05) is 20.2 Å². The number of piperidine rings is 1. The molecule has 150 valence electrons. The minimum atomic E-state index is -0.0593. The van der Waals surface area contributed by atoms with Crippen molar-refractivity contribution in [3.05, 3.63) is 59.7 Å². The molecule has 0 bridgehead atoms. The number of rotatable bonds is 7. The zero-order valence-corrected chi connectivity index (χ0v) is 17.0. The molecule has 2 aromatic carbocycles. The van der Waals surface area contributed by atoms with Crippen molar-refractivity contribution in [2.24, 2.45) is 0 Å². The van der Waals surface area contributed by atoms with Crippen LogP contribution in [-0.4, -0.2) is 43.2 Å². The van der Waals surface area contributed by atoms with Crippen LogP contribution in [0.25, 0.3) is 0 Å². The first kappa shape index (κ1) is 20.2. The van der Waals surface area contributed by atoms with Gasteiger partial charge < -0.3 is 14.8 Å². The van der Waals surface area contributed by atoms with Gasteiger partial charge in [0.1, 0.15) is 0 Å². The molecule has 0 atom stereocenters. The van der Waals surface area contributed by atoms with Gasteiger partial charge in [-0.25, -0.2) is 0 Å². The maximum Gasteiger partial charge on any atom is 0.251 e. The normalized spacial score (nSPS) is 15.4. The van der Waals surface area contributed by atoms with Crippen LogP contribution >= 0.6 is 0 Å². The van der Waals surface area contributed by atoms with Gasteiger partial charge in [-0.05, 0) is 50.5 Å². The summed E-state index contributed by atoms with van der Waals surface area (Å²) in [6.07, 6.45) is 1.98. The van der Waals surface area contributed by atoms with Crippen LogP contribution in [0.4, 0.5) is 0 Å². The first-order valence-corrected chi connectivity index (χ1v) is 9.97. The van der Waals surface area contributed by atoms with E-state index in [0.29, 0.717) is 17.1 Å². The number of nitrogens with zero attached hydrogens (tertiary/aromatic N) is 1. The zero-order valence-electron chi connectivity index (χ0n) is 17.0. The van der Waals surface area contributed by atoms with Gasteiger partial charge >= 0.3 is 0 Å². The van der Waals surface area contributed by atoms with Gasteiger partial charge in [-0.15, -0.1) is 0 Å². The molecule has 0 unspecified atom stereocenters. The summed E-state index contributed by atoms with van der Waals surface area (Å²) in [4.78, 5) is 15.1. The van der Waals surface area contributed by atoms with Gasteiger partial charge in [0.15, 0.2) is 11.5 Å². The van der Waals surface area contributed by atoms with Gasteiger partial charge in [-0.3, -0.25) is 9.69 Å². The van der Waals surface area contributed by atoms with E-state index < -0.39 is 0 Å². The highest BCUT2D eigenvalue weighted by molar-refractivity contribution is 5.95. The van der Waals surface area contributed by atoms with Crippen molar-refractivity contribution in [1.29, 1.82) is 0 Å². The molecule has 1 heterocycles. The molecule has 1 fully saturated rings. The molecule has 1 aliphatic heterocycles. The standard InChI is InChI=1S/C23H30N2O3/c1-17(2)28-21-10-9-19(15-22(21)27-3)23(26)24-20-11-13-25(14-12-20)16-18-7-5-4-6-8-18/h4-10,15,17,20H,11-14,16H2,1-3H3,(H,24,26). The third kappa shape index (κ3) is 5.49. The van der Waals surface area contributed by atoms with E-state index in [9.17, 15) is 4.79 Å². The molecule has 0 spiro atoms. The van der Waals surface area contributed by atoms with Crippen molar-refractivity contribution in [3.8, 4) is 11.5 Å². The smallest absolute Gasteiger partial charge is 0.251 e. The van der Waals surface area contributed by atoms with E-state index in [0.717, 1.165) is 32.5 Å². The molecule has 3 rings (SSSR count). The molecular formula is C23H30N2O3. The molecule has 0 radical (unpaired) electrons. The van der Waals surface area contributed by atoms with Crippen LogP contribution in [0.5, 0.6) is 11.5 Å². The minimum Gasteiger partial charge on any atom is -0.493 e. The van der Waals surface area contributed by atoms with Gasteiger partial charge in [0.05, 0.1) is 13.2 Å². The number of ether oxygens (including phenoxy) is 2. The zero-order chi connectivity index (χ0) is 19.9. The fraction of sp³-hybridized carbons (Fsp3) is 0.435. The van der Waals surface area contributed by atoms with Gasteiger partial charge in [0.2, 0.25) is 0 Å². The number of nitrogens with one attached hydrogen (secondary N) is 1. The van der Waals surface area contributed by atoms with Crippen molar-refractivity contribution in [3.63, 3.8) is 0 Å². The van der Waals surface area contributed by atoms with Crippen LogP contribution < -0.4 is 14.8 Å². The fourth-order valence-corrected chi connectivity index (χ4v) is 3.51. The summed E-state index contributed by atoms with van der Waals surface area (Å²) in [6, 6.07) is 16.1. The Bertz CT molecular complexity index is 769. The van der Waals surface area contributed by atoms with Crippen LogP contribution in [-0.2, 0) is 6.54 Å². The molecule has 28 heavy (non-hydrogen) atoms. The van der Waals surface area contributed by atoms with Crippen molar-refractivity contribution in [1.82, 2.24) is 10.2 Å². The molecule has 0 saturated carbocycles. The Kier molecular flexibility index (Phi) is 6.93. The fourth-order valence-electron chi connectivity index (χ4n) is 3.51. The number of carbonyl (C=O) groups excluding carboxylic acids is 1. The number of amides is 1. The highest BCUT2D eigenvalue weighted by Gasteiger charge is 2.22. The molecule has 1 amide bonds. The highest BCUT2D eigenvalue weighted by Crippen LogP contribution is 2.29. The summed E-state index contributed by atoms with van der Waals surface area (Å²) >= 11 is 0. The number of hydrogen-bond acceptors (Lipinski definition) is 4. The largest absolute Gasteiger partial charge is 0.493 e. The summed E-state index contributed by atoms with van der Waals surface area (Å²) < 4.78 is 11.1. The van der Waals surface area contributed by atoms with E-state index >= 15 is 0 Å². The Balaban J connectivity index is 1.53. The molecule has 5 nitrogen and oxygen atoms in total. The van der Waals surface area contributed by atoms with Crippen molar-refractivity contribution >= 4 is 5.91 Å². The second kappa shape index (κ2) is 9.60. The number of hydrogen-bond donors (Lipinski definition) is 1. The molecule has 0 aliphatic carbocycles. The Labute approximate surface area is 167 Å². The van der Waals surface area contributed by atoms with E-state index in [4.69, 9.17) is 9.47 Å². The lowest BCUT2D eigenvalue weighted by atomic mass is 10.0. The number of methoxy groups -OCH3 is 1. The topological polar surface area (TPSA) is 50.8 Å². The maximum absolute atomic E-state index is 12.7. The van der Waals surface area contributed by atoms with Crippen LogP contribution in [0.3, 0.4) is 0 Å². The lowest BCUT2D eigenvalue weighted by Gasteiger charge is -2.32. The maximum atomic E-state index is 12.7. The van der Waals surface area contributed by atoms with E-state index in [2.05, 4.69) is 34.5 Å². The second-order valence-corrected chi connectivity index (χ2v) is 7.54. The van der Waals surface area contributed by atoms with Gasteiger partial charge in [0.25, 0.3) is 5.91 Å². The van der Waals surface area contributed by atoms with E-state index in [1.807, 2.05) is 19.9 Å². The van der Waals surface area contributed by atoms with Crippen LogP contribution in [0.1, 0.15) is 42.6 Å². The van der Waals surface area contributed by atoms with E-state index in [1.165, 1.54) is 5.56 Å². The first-order chi connectivity index (χ1) is 13.5. The van der Waals surface area contributed by atoms with E-state index in [-0.39, 0.29) is 18.1 Å². The molecule has 1 aliphatic rings. The number of benzene rings is 2. The Morgan fingerprint density at radius 2 is 1.82 bits per heavy atom. The SMILES string of the molecule is COc1cc(C(=O)NC2CCN(Cc3ccccc3)CC2)ccc1OC(C)C. The molecular weight excluding hydrogens is 352 g/mol. The van der Waals surface area contributed by atoms with Crippen molar-refractivity contribution in [2.45, 2.75) is 45.4 Å². The predicted octanol–water partition coefficient (Wildman–Crippen LogP) is 3.88. The molecule has 0 aromatic heterocycles. The predicted molar refractivity (Wildman–Crippen MR) is 111 cm³/mol. The molecule has 5 heteroatoms. The highest BCUT2D eigenvalue weighted by atomic mass is 16.5. The summed E-state index contributed by atoms with van der Waals surface area (Å²) in [5.74, 6) is 1.18. The Morgan fingerprint density at radius 3 is 2.46 bits per heavy atom. The third-order valence-corrected chi connectivity index (χ3v) is 4.96. The second-order valence-electron chi connectivity index (χ2n) is 7.54. The van der Waals surface area contributed by atoms with Gasteiger partial charge in [-0.2, -0.15) is 0 Å². The average Bonchev–Trinajstić information content (AvgIpc) is 2.70. The minimum absolute atomic E-state index is 0.0506. The Hall–Kier alpha value is -2.53. The lowest BCUT2D eigenvalue weighted by molar-refractivity contribution is 0.0908. The number of likely N-dealkylation sites (tertiary alicyclic amines) is 1. The molecule has 2 aromatic rings. The molecule has 1 N–H and O–H groups in total. The van der Waals surface area contributed by atoms with E-state index in [1.54, 1.807) is 25.3 Å². The molecule has 1 saturated heterocycles. The average molecular weight is 383 g/mol. The Morgan fingerprint density at radius 1 is 1.11 bits per heavy atom. The van der Waals surface area contributed by atoms with Crippen LogP contribution in [0.2, 0.25) is 0 Å². The lowest BCUT2D eigenvalue weighted by Crippen LogP contribution is -2.44.